The van der Waals surface area contributed by atoms with Gasteiger partial charge in [0.25, 0.3) is 0 Å². The van der Waals surface area contributed by atoms with Gasteiger partial charge in [0.2, 0.25) is 0 Å². The van der Waals surface area contributed by atoms with Crippen molar-refractivity contribution in [3.05, 3.63) is 111 Å². The Labute approximate surface area is 242 Å². The van der Waals surface area contributed by atoms with Crippen molar-refractivity contribution in [2.45, 2.75) is 56.1 Å². The lowest BCUT2D eigenvalue weighted by Gasteiger charge is -2.43. The summed E-state index contributed by atoms with van der Waals surface area (Å²) >= 11 is 5.64. The van der Waals surface area contributed by atoms with Gasteiger partial charge in [-0.05, 0) is 64.2 Å². The zero-order valence-electron chi connectivity index (χ0n) is 22.0. The number of fused-ring (bicyclic) bond motifs is 3. The molecule has 3 aromatic carbocycles. The molecule has 4 aromatic rings. The van der Waals surface area contributed by atoms with Crippen molar-refractivity contribution in [1.82, 2.24) is 9.97 Å². The topological polar surface area (TPSA) is 76.3 Å². The molecule has 1 aromatic heterocycles. The van der Waals surface area contributed by atoms with Crippen LogP contribution in [-0.2, 0) is 42.9 Å². The van der Waals surface area contributed by atoms with E-state index in [0.29, 0.717) is 18.8 Å². The Hall–Kier alpha value is -2.91. The van der Waals surface area contributed by atoms with Gasteiger partial charge in [-0.25, -0.2) is 15.8 Å². The first-order valence-electron chi connectivity index (χ1n) is 13.3. The summed E-state index contributed by atoms with van der Waals surface area (Å²) in [5.41, 5.74) is 10.6. The Bertz CT molecular complexity index is 1430. The molecule has 0 radical (unpaired) electrons. The van der Waals surface area contributed by atoms with E-state index in [1.165, 1.54) is 39.7 Å². The van der Waals surface area contributed by atoms with E-state index in [9.17, 15) is 0 Å². The molecule has 0 bridgehead atoms. The highest BCUT2D eigenvalue weighted by Crippen LogP contribution is 2.50. The molecule has 0 saturated carbocycles. The second-order valence-electron chi connectivity index (χ2n) is 10.2. The summed E-state index contributed by atoms with van der Waals surface area (Å²) < 4.78 is 7.91. The summed E-state index contributed by atoms with van der Waals surface area (Å²) in [4.78, 5) is 11.9. The van der Waals surface area contributed by atoms with Crippen LogP contribution in [0.25, 0.3) is 0 Å². The third-order valence-electron chi connectivity index (χ3n) is 7.80. The van der Waals surface area contributed by atoms with Crippen LogP contribution in [-0.4, -0.2) is 16.2 Å². The minimum absolute atomic E-state index is 0.428. The molecule has 8 heteroatoms. The summed E-state index contributed by atoms with van der Waals surface area (Å²) in [6.45, 7) is 2.04. The molecule has 1 aliphatic carbocycles. The molecule has 1 spiro atoms. The fraction of sp³-hybridized carbons (Fsp3) is 0.290. The van der Waals surface area contributed by atoms with Crippen LogP contribution in [0.2, 0.25) is 0 Å². The van der Waals surface area contributed by atoms with Crippen LogP contribution in [0.1, 0.15) is 46.4 Å². The summed E-state index contributed by atoms with van der Waals surface area (Å²) in [5, 5.41) is 0.722. The lowest BCUT2D eigenvalue weighted by molar-refractivity contribution is -0.0859. The second kappa shape index (κ2) is 11.3. The van der Waals surface area contributed by atoms with Crippen molar-refractivity contribution in [3.8, 4) is 0 Å². The molecule has 0 fully saturated rings. The highest BCUT2D eigenvalue weighted by molar-refractivity contribution is 9.10. The molecule has 6 rings (SSSR count). The summed E-state index contributed by atoms with van der Waals surface area (Å²) in [5.74, 6) is 6.48. The van der Waals surface area contributed by atoms with Gasteiger partial charge in [0.05, 0.1) is 18.0 Å². The highest BCUT2D eigenvalue weighted by Gasteiger charge is 2.44. The minimum Gasteiger partial charge on any atom is -0.365 e. The molecule has 1 unspecified atom stereocenters. The largest absolute Gasteiger partial charge is 0.365 e. The first-order valence-corrected chi connectivity index (χ1v) is 15.3. The smallest absolute Gasteiger partial charge is 0.189 e. The van der Waals surface area contributed by atoms with Crippen molar-refractivity contribution in [3.63, 3.8) is 0 Å². The van der Waals surface area contributed by atoms with Gasteiger partial charge in [0, 0.05) is 35.1 Å². The number of aromatic nitrogens is 2. The molecule has 0 amide bonds. The first-order chi connectivity index (χ1) is 19.1. The molecule has 200 valence electrons. The number of nitrogens with one attached hydrogen (secondary N) is 1. The number of rotatable bonds is 7. The SMILES string of the molecule is CSc1nc2c(c(NN)n1)COC1(CCCc3ccc(N(Cc4ccccc4)Cc4ccccc4)c(Br)c31)C2. The number of hydrogen-bond acceptors (Lipinski definition) is 7. The molecular formula is C31H32BrN5OS. The zero-order chi connectivity index (χ0) is 26.8. The molecule has 39 heavy (non-hydrogen) atoms. The summed E-state index contributed by atoms with van der Waals surface area (Å²) in [6.07, 6.45) is 5.75. The van der Waals surface area contributed by atoms with E-state index >= 15 is 0 Å². The zero-order valence-corrected chi connectivity index (χ0v) is 24.4. The Morgan fingerprint density at radius 3 is 2.33 bits per heavy atom. The minimum atomic E-state index is -0.448. The molecule has 1 atom stereocenters. The predicted molar refractivity (Wildman–Crippen MR) is 162 cm³/mol. The molecule has 6 nitrogen and oxygen atoms in total. The lowest BCUT2D eigenvalue weighted by atomic mass is 9.74. The Kier molecular flexibility index (Phi) is 7.62. The van der Waals surface area contributed by atoms with Crippen LogP contribution in [0.4, 0.5) is 11.5 Å². The normalized spacial score (nSPS) is 17.9. The monoisotopic (exact) mass is 601 g/mol. The molecule has 3 N–H and O–H groups in total. The number of benzene rings is 3. The molecule has 2 aliphatic rings. The third kappa shape index (κ3) is 5.18. The maximum atomic E-state index is 6.80. The van der Waals surface area contributed by atoms with E-state index in [-0.39, 0.29) is 0 Å². The van der Waals surface area contributed by atoms with Crippen LogP contribution in [0.3, 0.4) is 0 Å². The summed E-state index contributed by atoms with van der Waals surface area (Å²) in [7, 11) is 0. The van der Waals surface area contributed by atoms with Gasteiger partial charge in [0.1, 0.15) is 11.4 Å². The van der Waals surface area contributed by atoms with E-state index in [1.807, 2.05) is 6.26 Å². The average Bonchev–Trinajstić information content (AvgIpc) is 2.97. The predicted octanol–water partition coefficient (Wildman–Crippen LogP) is 6.76. The first kappa shape index (κ1) is 26.3. The molecule has 0 saturated heterocycles. The Balaban J connectivity index is 1.43. The van der Waals surface area contributed by atoms with Gasteiger partial charge in [-0.2, -0.15) is 0 Å². The van der Waals surface area contributed by atoms with Gasteiger partial charge in [-0.1, -0.05) is 78.5 Å². The van der Waals surface area contributed by atoms with Crippen LogP contribution in [0.15, 0.2) is 82.4 Å². The lowest BCUT2D eigenvalue weighted by Crippen LogP contribution is -2.41. The number of halogens is 1. The number of ether oxygens (including phenoxy) is 1. The van der Waals surface area contributed by atoms with Crippen molar-refractivity contribution in [1.29, 1.82) is 0 Å². The fourth-order valence-electron chi connectivity index (χ4n) is 5.94. The number of nitrogens with zero attached hydrogens (tertiary/aromatic N) is 3. The van der Waals surface area contributed by atoms with Crippen molar-refractivity contribution in [2.24, 2.45) is 5.84 Å². The Morgan fingerprint density at radius 1 is 1.00 bits per heavy atom. The second-order valence-corrected chi connectivity index (χ2v) is 11.8. The quantitative estimate of drug-likeness (QED) is 0.105. The molecule has 2 heterocycles. The van der Waals surface area contributed by atoms with Crippen LogP contribution in [0, 0.1) is 0 Å². The number of anilines is 2. The molecular weight excluding hydrogens is 570 g/mol. The number of thioether (sulfide) groups is 1. The maximum Gasteiger partial charge on any atom is 0.189 e. The standard InChI is InChI=1S/C31H32BrN5OS/c1-39-30-34-25-17-31(38-20-24(25)29(35-30)36-33)16-8-13-23-14-15-26(28(32)27(23)31)37(18-21-9-4-2-5-10-21)19-22-11-6-3-7-12-22/h2-7,9-12,14-15H,8,13,16-20,33H2,1H3,(H,34,35,36). The van der Waals surface area contributed by atoms with Crippen molar-refractivity contribution < 1.29 is 4.74 Å². The Morgan fingerprint density at radius 2 is 1.69 bits per heavy atom. The van der Waals surface area contributed by atoms with Gasteiger partial charge in [0.15, 0.2) is 5.16 Å². The number of nitrogen functional groups attached to an aromatic ring is 1. The maximum absolute atomic E-state index is 6.80. The number of nitrogens with two attached hydrogens (primary N) is 1. The third-order valence-corrected chi connectivity index (χ3v) is 9.15. The van der Waals surface area contributed by atoms with Crippen LogP contribution in [0.5, 0.6) is 0 Å². The highest BCUT2D eigenvalue weighted by atomic mass is 79.9. The number of hydrogen-bond donors (Lipinski definition) is 2. The van der Waals surface area contributed by atoms with Crippen LogP contribution < -0.4 is 16.2 Å². The van der Waals surface area contributed by atoms with Gasteiger partial charge in [-0.3, -0.25) is 0 Å². The van der Waals surface area contributed by atoms with E-state index in [2.05, 4.69) is 104 Å². The van der Waals surface area contributed by atoms with Gasteiger partial charge in [-0.15, -0.1) is 0 Å². The summed E-state index contributed by atoms with van der Waals surface area (Å²) in [6, 6.07) is 25.9. The van der Waals surface area contributed by atoms with E-state index in [1.54, 1.807) is 0 Å². The van der Waals surface area contributed by atoms with E-state index < -0.39 is 5.60 Å². The molecule has 1 aliphatic heterocycles. The van der Waals surface area contributed by atoms with Crippen molar-refractivity contribution in [2.75, 3.05) is 16.6 Å². The van der Waals surface area contributed by atoms with E-state index in [4.69, 9.17) is 15.6 Å². The van der Waals surface area contributed by atoms with Gasteiger partial charge >= 0.3 is 0 Å². The fourth-order valence-corrected chi connectivity index (χ4v) is 7.33. The average molecular weight is 603 g/mol. The number of aryl methyl sites for hydroxylation is 1. The van der Waals surface area contributed by atoms with Gasteiger partial charge < -0.3 is 15.1 Å². The van der Waals surface area contributed by atoms with E-state index in [0.717, 1.165) is 53.2 Å². The van der Waals surface area contributed by atoms with Crippen molar-refractivity contribution >= 4 is 39.2 Å². The van der Waals surface area contributed by atoms with Crippen LogP contribution >= 0.6 is 27.7 Å². The number of hydrazine groups is 1.